The molecule has 1 heterocycles. The van der Waals surface area contributed by atoms with E-state index in [-0.39, 0.29) is 31.0 Å². The van der Waals surface area contributed by atoms with Crippen molar-refractivity contribution in [3.05, 3.63) is 39.9 Å². The van der Waals surface area contributed by atoms with Gasteiger partial charge in [0, 0.05) is 31.8 Å². The lowest BCUT2D eigenvalue weighted by Crippen LogP contribution is -2.38. The molecule has 0 unspecified atom stereocenters. The van der Waals surface area contributed by atoms with Gasteiger partial charge in [0.1, 0.15) is 6.61 Å². The molecule has 13 nitrogen and oxygen atoms in total. The Morgan fingerprint density at radius 1 is 1.31 bits per heavy atom. The smallest absolute Gasteiger partial charge is 0.410 e. The summed E-state index contributed by atoms with van der Waals surface area (Å²) in [6, 6.07) is 4.65. The predicted molar refractivity (Wildman–Crippen MR) is 114 cm³/mol. The Kier molecular flexibility index (Phi) is 8.14. The monoisotopic (exact) mass is 492 g/mol. The number of hydrogen-bond donors (Lipinski definition) is 0. The van der Waals surface area contributed by atoms with Gasteiger partial charge < -0.3 is 4.74 Å². The maximum absolute atomic E-state index is 12.6. The first-order valence-electron chi connectivity index (χ1n) is 9.38. The number of likely N-dealkylation sites (tertiary alicyclic amines) is 1. The highest BCUT2D eigenvalue weighted by Crippen LogP contribution is 2.22. The third kappa shape index (κ3) is 7.13. The minimum Gasteiger partial charge on any atom is -0.445 e. The van der Waals surface area contributed by atoms with Crippen LogP contribution in [0.2, 0.25) is 0 Å². The summed E-state index contributed by atoms with van der Waals surface area (Å²) >= 11 is 0. The average Bonchev–Trinajstić information content (AvgIpc) is 3.11. The molecule has 2 rings (SSSR count). The number of nitro benzene ring substituents is 1. The molecule has 1 saturated heterocycles. The fourth-order valence-electron chi connectivity index (χ4n) is 2.87. The topological polar surface area (TPSA) is 166 Å². The van der Waals surface area contributed by atoms with E-state index in [2.05, 4.69) is 5.10 Å². The standard InChI is InChI=1S/C17H24N4O9S2/c1-4-32(27,28)19(2)18-10-15-9-16(30-31(3,25)26)11-20(15)17(22)29-12-13-5-7-14(8-6-13)21(23)24/h5-8,10,15-16H,4,9,11-12H2,1-3H3/t15-,16+/m0/s1. The Hall–Kier alpha value is -2.78. The molecular formula is C17H24N4O9S2. The van der Waals surface area contributed by atoms with Crippen molar-refractivity contribution in [1.82, 2.24) is 9.31 Å². The molecule has 1 aromatic rings. The summed E-state index contributed by atoms with van der Waals surface area (Å²) in [5.41, 5.74) is 0.397. The van der Waals surface area contributed by atoms with Gasteiger partial charge in [-0.25, -0.2) is 13.2 Å². The number of amides is 1. The molecule has 0 spiro atoms. The Morgan fingerprint density at radius 2 is 1.94 bits per heavy atom. The van der Waals surface area contributed by atoms with Gasteiger partial charge in [0.15, 0.2) is 0 Å². The molecule has 32 heavy (non-hydrogen) atoms. The molecule has 0 saturated carbocycles. The van der Waals surface area contributed by atoms with E-state index in [0.717, 1.165) is 10.7 Å². The van der Waals surface area contributed by atoms with Crippen LogP contribution in [0.4, 0.5) is 10.5 Å². The number of rotatable bonds is 9. The molecule has 0 aliphatic carbocycles. The summed E-state index contributed by atoms with van der Waals surface area (Å²) in [5, 5.41) is 14.6. The fourth-order valence-corrected chi connectivity index (χ4v) is 4.07. The highest BCUT2D eigenvalue weighted by atomic mass is 32.2. The summed E-state index contributed by atoms with van der Waals surface area (Å²) in [7, 11) is -6.15. The van der Waals surface area contributed by atoms with Crippen LogP contribution in [-0.4, -0.2) is 81.1 Å². The number of nitrogens with zero attached hydrogens (tertiary/aromatic N) is 4. The normalized spacial score (nSPS) is 19.3. The molecule has 15 heteroatoms. The summed E-state index contributed by atoms with van der Waals surface area (Å²) < 4.78 is 57.6. The molecule has 0 bridgehead atoms. The molecule has 1 fully saturated rings. The van der Waals surface area contributed by atoms with Crippen molar-refractivity contribution in [3.8, 4) is 0 Å². The fraction of sp³-hybridized carbons (Fsp3) is 0.529. The average molecular weight is 493 g/mol. The molecule has 0 aromatic heterocycles. The quantitative estimate of drug-likeness (QED) is 0.211. The third-order valence-corrected chi connectivity index (χ3v) is 6.78. The number of nitro groups is 1. The zero-order valence-electron chi connectivity index (χ0n) is 17.6. The Balaban J connectivity index is 2.12. The molecular weight excluding hydrogens is 468 g/mol. The van der Waals surface area contributed by atoms with Gasteiger partial charge in [-0.2, -0.15) is 17.9 Å². The van der Waals surface area contributed by atoms with Crippen LogP contribution in [0.15, 0.2) is 29.4 Å². The molecule has 0 N–H and O–H groups in total. The van der Waals surface area contributed by atoms with Crippen LogP contribution in [0.5, 0.6) is 0 Å². The molecule has 2 atom stereocenters. The largest absolute Gasteiger partial charge is 0.445 e. The number of hydrogen-bond acceptors (Lipinski definition) is 10. The number of benzene rings is 1. The molecule has 1 aliphatic heterocycles. The highest BCUT2D eigenvalue weighted by molar-refractivity contribution is 7.89. The van der Waals surface area contributed by atoms with Crippen LogP contribution in [0.25, 0.3) is 0 Å². The van der Waals surface area contributed by atoms with Crippen LogP contribution in [0.1, 0.15) is 18.9 Å². The van der Waals surface area contributed by atoms with Gasteiger partial charge in [-0.05, 0) is 24.6 Å². The van der Waals surface area contributed by atoms with E-state index in [9.17, 15) is 31.7 Å². The lowest BCUT2D eigenvalue weighted by atomic mass is 10.2. The van der Waals surface area contributed by atoms with E-state index < -0.39 is 43.3 Å². The number of carbonyl (C=O) groups excluding carboxylic acids is 1. The van der Waals surface area contributed by atoms with Crippen molar-refractivity contribution >= 4 is 38.1 Å². The van der Waals surface area contributed by atoms with E-state index in [1.807, 2.05) is 0 Å². The SMILES string of the molecule is CCS(=O)(=O)N(C)N=C[C@@H]1C[C@@H](OS(C)(=O)=O)CN1C(=O)OCc1ccc([N+](=O)[O-])cc1. The van der Waals surface area contributed by atoms with E-state index in [1.54, 1.807) is 0 Å². The summed E-state index contributed by atoms with van der Waals surface area (Å²) in [6.45, 7) is 1.15. The number of non-ortho nitro benzene ring substituents is 1. The van der Waals surface area contributed by atoms with Crippen LogP contribution in [0, 0.1) is 10.1 Å². The summed E-state index contributed by atoms with van der Waals surface area (Å²) in [6.07, 6.45) is 0.490. The maximum atomic E-state index is 12.6. The van der Waals surface area contributed by atoms with Crippen LogP contribution < -0.4 is 0 Å². The molecule has 0 radical (unpaired) electrons. The molecule has 1 aliphatic rings. The number of carbonyl (C=O) groups is 1. The first-order chi connectivity index (χ1) is 14.8. The van der Waals surface area contributed by atoms with Gasteiger partial charge >= 0.3 is 6.09 Å². The van der Waals surface area contributed by atoms with Crippen molar-refractivity contribution in [2.24, 2.45) is 5.10 Å². The van der Waals surface area contributed by atoms with Crippen molar-refractivity contribution in [2.45, 2.75) is 32.1 Å². The Bertz CT molecular complexity index is 1070. The van der Waals surface area contributed by atoms with E-state index in [4.69, 9.17) is 8.92 Å². The van der Waals surface area contributed by atoms with Crippen molar-refractivity contribution in [3.63, 3.8) is 0 Å². The zero-order chi connectivity index (χ0) is 24.1. The maximum Gasteiger partial charge on any atom is 0.410 e. The van der Waals surface area contributed by atoms with Gasteiger partial charge in [-0.15, -0.1) is 0 Å². The molecule has 178 valence electrons. The van der Waals surface area contributed by atoms with Crippen molar-refractivity contribution < 1.29 is 35.5 Å². The lowest BCUT2D eigenvalue weighted by Gasteiger charge is -2.21. The second-order valence-corrected chi connectivity index (χ2v) is 10.8. The van der Waals surface area contributed by atoms with Gasteiger partial charge in [0.05, 0.1) is 35.6 Å². The van der Waals surface area contributed by atoms with Crippen molar-refractivity contribution in [2.75, 3.05) is 25.6 Å². The van der Waals surface area contributed by atoms with E-state index in [1.165, 1.54) is 49.4 Å². The summed E-state index contributed by atoms with van der Waals surface area (Å²) in [4.78, 5) is 23.9. The number of hydrazone groups is 1. The first kappa shape index (κ1) is 25.5. The number of ether oxygens (including phenoxy) is 1. The number of sulfonamides is 1. The van der Waals surface area contributed by atoms with E-state index >= 15 is 0 Å². The first-order valence-corrected chi connectivity index (χ1v) is 12.8. The highest BCUT2D eigenvalue weighted by Gasteiger charge is 2.38. The van der Waals surface area contributed by atoms with Gasteiger partial charge in [-0.1, -0.05) is 0 Å². The molecule has 1 aromatic carbocycles. The minimum absolute atomic E-state index is 0.0587. The zero-order valence-corrected chi connectivity index (χ0v) is 19.3. The predicted octanol–water partition coefficient (Wildman–Crippen LogP) is 0.918. The third-order valence-electron chi connectivity index (χ3n) is 4.53. The van der Waals surface area contributed by atoms with Gasteiger partial charge in [0.25, 0.3) is 15.8 Å². The van der Waals surface area contributed by atoms with Crippen molar-refractivity contribution in [1.29, 1.82) is 0 Å². The van der Waals surface area contributed by atoms with Crippen LogP contribution >= 0.6 is 0 Å². The minimum atomic E-state index is -3.79. The van der Waals surface area contributed by atoms with Gasteiger partial charge in [-0.3, -0.25) is 19.2 Å². The Labute approximate surface area is 185 Å². The second kappa shape index (κ2) is 10.2. The van der Waals surface area contributed by atoms with Crippen LogP contribution in [-0.2, 0) is 35.7 Å². The molecule has 1 amide bonds. The Morgan fingerprint density at radius 3 is 2.47 bits per heavy atom. The summed E-state index contributed by atoms with van der Waals surface area (Å²) in [5.74, 6) is -0.174. The lowest BCUT2D eigenvalue weighted by molar-refractivity contribution is -0.384. The van der Waals surface area contributed by atoms with Gasteiger partial charge in [0.2, 0.25) is 10.0 Å². The second-order valence-electron chi connectivity index (χ2n) is 6.96. The van der Waals surface area contributed by atoms with Crippen LogP contribution in [0.3, 0.4) is 0 Å². The van der Waals surface area contributed by atoms with E-state index in [0.29, 0.717) is 5.56 Å².